The highest BCUT2D eigenvalue weighted by Gasteiger charge is 2.19. The minimum atomic E-state index is 0.563. The zero-order valence-corrected chi connectivity index (χ0v) is 11.4. The van der Waals surface area contributed by atoms with E-state index in [9.17, 15) is 0 Å². The largest absolute Gasteiger partial charge is 0.368 e. The average molecular weight is 229 g/mol. The molecule has 92 valence electrons. The number of hydrogen-bond donors (Lipinski definition) is 0. The van der Waals surface area contributed by atoms with E-state index >= 15 is 0 Å². The molecule has 0 amide bonds. The lowest BCUT2D eigenvalue weighted by atomic mass is 9.96. The van der Waals surface area contributed by atoms with Crippen LogP contribution in [0.15, 0.2) is 24.3 Å². The highest BCUT2D eigenvalue weighted by Crippen LogP contribution is 2.34. The van der Waals surface area contributed by atoms with E-state index in [1.165, 1.54) is 16.8 Å². The standard InChI is InChI=1S/C16H23N/c1-12(2)15-10-7-9-14-8-5-6-11-17(13(3)4)16(14)15/h5,7-10,12-13H,6,11H2,1-4H3. The van der Waals surface area contributed by atoms with Gasteiger partial charge < -0.3 is 4.90 Å². The zero-order valence-electron chi connectivity index (χ0n) is 11.4. The molecule has 0 spiro atoms. The van der Waals surface area contributed by atoms with E-state index in [0.717, 1.165) is 13.0 Å². The van der Waals surface area contributed by atoms with Crippen molar-refractivity contribution in [3.05, 3.63) is 35.4 Å². The van der Waals surface area contributed by atoms with Gasteiger partial charge in [-0.1, -0.05) is 44.2 Å². The van der Waals surface area contributed by atoms with Crippen molar-refractivity contribution in [3.8, 4) is 0 Å². The number of fused-ring (bicyclic) bond motifs is 1. The van der Waals surface area contributed by atoms with Crippen molar-refractivity contribution in [2.75, 3.05) is 11.4 Å². The minimum Gasteiger partial charge on any atom is -0.368 e. The van der Waals surface area contributed by atoms with Gasteiger partial charge in [0.2, 0.25) is 0 Å². The van der Waals surface area contributed by atoms with Crippen molar-refractivity contribution >= 4 is 11.8 Å². The Morgan fingerprint density at radius 2 is 1.88 bits per heavy atom. The normalized spacial score (nSPS) is 15.3. The van der Waals surface area contributed by atoms with Crippen molar-refractivity contribution in [2.24, 2.45) is 0 Å². The van der Waals surface area contributed by atoms with Crippen molar-refractivity contribution in [2.45, 2.75) is 46.1 Å². The molecule has 0 aliphatic carbocycles. The molecule has 0 fully saturated rings. The van der Waals surface area contributed by atoms with Crippen molar-refractivity contribution < 1.29 is 0 Å². The molecular formula is C16H23N. The molecule has 17 heavy (non-hydrogen) atoms. The fourth-order valence-corrected chi connectivity index (χ4v) is 2.56. The summed E-state index contributed by atoms with van der Waals surface area (Å²) in [6.45, 7) is 10.3. The van der Waals surface area contributed by atoms with Crippen LogP contribution in [0.5, 0.6) is 0 Å². The quantitative estimate of drug-likeness (QED) is 0.724. The first-order chi connectivity index (χ1) is 8.11. The van der Waals surface area contributed by atoms with Gasteiger partial charge in [0.05, 0.1) is 0 Å². The van der Waals surface area contributed by atoms with E-state index in [1.807, 2.05) is 0 Å². The Hall–Kier alpha value is -1.24. The number of anilines is 1. The number of hydrogen-bond acceptors (Lipinski definition) is 1. The van der Waals surface area contributed by atoms with Crippen LogP contribution >= 0.6 is 0 Å². The lowest BCUT2D eigenvalue weighted by molar-refractivity contribution is 0.678. The lowest BCUT2D eigenvalue weighted by Gasteiger charge is -2.32. The summed E-state index contributed by atoms with van der Waals surface area (Å²) in [5.41, 5.74) is 4.30. The van der Waals surface area contributed by atoms with Crippen LogP contribution in [0, 0.1) is 0 Å². The molecule has 1 aromatic carbocycles. The van der Waals surface area contributed by atoms with Gasteiger partial charge in [0, 0.05) is 18.3 Å². The third-order valence-electron chi connectivity index (χ3n) is 3.47. The summed E-state index contributed by atoms with van der Waals surface area (Å²) in [4.78, 5) is 2.55. The fourth-order valence-electron chi connectivity index (χ4n) is 2.56. The second-order valence-electron chi connectivity index (χ2n) is 5.42. The van der Waals surface area contributed by atoms with E-state index in [0.29, 0.717) is 12.0 Å². The predicted octanol–water partition coefficient (Wildman–Crippen LogP) is 4.44. The number of rotatable bonds is 2. The lowest BCUT2D eigenvalue weighted by Crippen LogP contribution is -2.32. The van der Waals surface area contributed by atoms with Crippen molar-refractivity contribution in [3.63, 3.8) is 0 Å². The van der Waals surface area contributed by atoms with Gasteiger partial charge in [0.15, 0.2) is 0 Å². The van der Waals surface area contributed by atoms with Crippen LogP contribution in [0.1, 0.15) is 51.2 Å². The van der Waals surface area contributed by atoms with E-state index < -0.39 is 0 Å². The van der Waals surface area contributed by atoms with Gasteiger partial charge >= 0.3 is 0 Å². The Bertz CT molecular complexity index is 416. The highest BCUT2D eigenvalue weighted by atomic mass is 15.2. The SMILES string of the molecule is CC(C)c1cccc2c1N(C(C)C)CCC=C2. The summed E-state index contributed by atoms with van der Waals surface area (Å²) < 4.78 is 0. The monoisotopic (exact) mass is 229 g/mol. The van der Waals surface area contributed by atoms with Gasteiger partial charge in [-0.15, -0.1) is 0 Å². The second-order valence-corrected chi connectivity index (χ2v) is 5.42. The summed E-state index contributed by atoms with van der Waals surface area (Å²) in [7, 11) is 0. The average Bonchev–Trinajstić information content (AvgIpc) is 2.50. The zero-order chi connectivity index (χ0) is 12.4. The van der Waals surface area contributed by atoms with Gasteiger partial charge in [-0.3, -0.25) is 0 Å². The van der Waals surface area contributed by atoms with Crippen LogP contribution in [-0.4, -0.2) is 12.6 Å². The molecule has 1 nitrogen and oxygen atoms in total. The van der Waals surface area contributed by atoms with Gasteiger partial charge in [-0.05, 0) is 37.3 Å². The molecule has 0 saturated carbocycles. The van der Waals surface area contributed by atoms with Gasteiger partial charge in [-0.2, -0.15) is 0 Å². The molecule has 2 rings (SSSR count). The topological polar surface area (TPSA) is 3.24 Å². The third kappa shape index (κ3) is 2.38. The smallest absolute Gasteiger partial charge is 0.0477 e. The van der Waals surface area contributed by atoms with Gasteiger partial charge in [0.1, 0.15) is 0 Å². The Balaban J connectivity index is 2.57. The van der Waals surface area contributed by atoms with E-state index in [4.69, 9.17) is 0 Å². The van der Waals surface area contributed by atoms with E-state index in [-0.39, 0.29) is 0 Å². The van der Waals surface area contributed by atoms with Crippen molar-refractivity contribution in [1.29, 1.82) is 0 Å². The Morgan fingerprint density at radius 3 is 2.53 bits per heavy atom. The summed E-state index contributed by atoms with van der Waals surface area (Å²) in [5.74, 6) is 0.581. The number of nitrogens with zero attached hydrogens (tertiary/aromatic N) is 1. The molecule has 0 N–H and O–H groups in total. The molecule has 1 aliphatic heterocycles. The molecule has 1 heterocycles. The minimum absolute atomic E-state index is 0.563. The molecular weight excluding hydrogens is 206 g/mol. The molecule has 1 aromatic rings. The highest BCUT2D eigenvalue weighted by molar-refractivity contribution is 5.73. The Kier molecular flexibility index (Phi) is 3.56. The maximum absolute atomic E-state index is 2.55. The van der Waals surface area contributed by atoms with Crippen LogP contribution in [0.25, 0.3) is 6.08 Å². The maximum atomic E-state index is 2.55. The molecule has 0 bridgehead atoms. The first kappa shape index (κ1) is 12.2. The Labute approximate surface area is 105 Å². The van der Waals surface area contributed by atoms with Gasteiger partial charge in [0.25, 0.3) is 0 Å². The fraction of sp³-hybridized carbons (Fsp3) is 0.500. The van der Waals surface area contributed by atoms with Crippen LogP contribution < -0.4 is 4.90 Å². The summed E-state index contributed by atoms with van der Waals surface area (Å²) >= 11 is 0. The van der Waals surface area contributed by atoms with Crippen LogP contribution in [-0.2, 0) is 0 Å². The first-order valence-electron chi connectivity index (χ1n) is 6.67. The first-order valence-corrected chi connectivity index (χ1v) is 6.67. The molecule has 0 aromatic heterocycles. The summed E-state index contributed by atoms with van der Waals surface area (Å²) in [6, 6.07) is 7.26. The predicted molar refractivity (Wildman–Crippen MR) is 76.7 cm³/mol. The van der Waals surface area contributed by atoms with Crippen LogP contribution in [0.3, 0.4) is 0 Å². The molecule has 1 heteroatoms. The number of benzene rings is 1. The second kappa shape index (κ2) is 4.95. The summed E-state index contributed by atoms with van der Waals surface area (Å²) in [5, 5.41) is 0. The summed E-state index contributed by atoms with van der Waals surface area (Å²) in [6.07, 6.45) is 5.72. The third-order valence-corrected chi connectivity index (χ3v) is 3.47. The van der Waals surface area contributed by atoms with Crippen molar-refractivity contribution in [1.82, 2.24) is 0 Å². The van der Waals surface area contributed by atoms with Gasteiger partial charge in [-0.25, -0.2) is 0 Å². The molecule has 1 aliphatic rings. The van der Waals surface area contributed by atoms with E-state index in [1.54, 1.807) is 0 Å². The molecule has 0 atom stereocenters. The Morgan fingerprint density at radius 1 is 1.12 bits per heavy atom. The number of para-hydroxylation sites is 1. The van der Waals surface area contributed by atoms with Crippen LogP contribution in [0.4, 0.5) is 5.69 Å². The molecule has 0 radical (unpaired) electrons. The van der Waals surface area contributed by atoms with E-state index in [2.05, 4.69) is 62.9 Å². The molecule has 0 saturated heterocycles. The molecule has 0 unspecified atom stereocenters. The van der Waals surface area contributed by atoms with Crippen LogP contribution in [0.2, 0.25) is 0 Å². The maximum Gasteiger partial charge on any atom is 0.0477 e.